The molecule has 2 fully saturated rings. The molecule has 13 nitrogen and oxygen atoms in total. The first-order valence-electron chi connectivity index (χ1n) is 18.5. The van der Waals surface area contributed by atoms with Gasteiger partial charge in [-0.25, -0.2) is 22.6 Å². The molecule has 0 saturated carbocycles. The van der Waals surface area contributed by atoms with E-state index >= 15 is 4.39 Å². The van der Waals surface area contributed by atoms with Crippen LogP contribution in [0.1, 0.15) is 58.4 Å². The maximum absolute atomic E-state index is 15.2. The van der Waals surface area contributed by atoms with Crippen molar-refractivity contribution in [1.29, 1.82) is 0 Å². The van der Waals surface area contributed by atoms with Crippen LogP contribution in [0.15, 0.2) is 53.5 Å². The van der Waals surface area contributed by atoms with Crippen LogP contribution in [-0.2, 0) is 31.3 Å². The molecule has 1 amide bonds. The molecule has 0 aliphatic carbocycles. The van der Waals surface area contributed by atoms with Gasteiger partial charge >= 0.3 is 12.1 Å². The third-order valence-corrected chi connectivity index (χ3v) is 12.5. The maximum atomic E-state index is 15.2. The second kappa shape index (κ2) is 17.6. The fraction of sp³-hybridized carbons (Fsp3) is 0.605. The van der Waals surface area contributed by atoms with E-state index in [0.717, 1.165) is 13.1 Å². The average Bonchev–Trinajstić information content (AvgIpc) is 3.57. The van der Waals surface area contributed by atoms with Gasteiger partial charge in [-0.1, -0.05) is 26.0 Å². The number of piperidine rings is 1. The number of amides is 1. The summed E-state index contributed by atoms with van der Waals surface area (Å²) in [6, 6.07) is 4.71. The molecule has 292 valence electrons. The predicted octanol–water partition coefficient (Wildman–Crippen LogP) is 4.29. The number of nitrogens with zero attached hydrogens (tertiary/aromatic N) is 6. The number of anilines is 1. The highest BCUT2D eigenvalue weighted by molar-refractivity contribution is 7.89. The lowest BCUT2D eigenvalue weighted by molar-refractivity contribution is -0.151. The van der Waals surface area contributed by atoms with Crippen LogP contribution >= 0.6 is 0 Å². The molecule has 15 heteroatoms. The Morgan fingerprint density at radius 2 is 1.74 bits per heavy atom. The van der Waals surface area contributed by atoms with Crippen LogP contribution < -0.4 is 4.90 Å². The molecule has 1 N–H and O–H groups in total. The summed E-state index contributed by atoms with van der Waals surface area (Å²) in [6.07, 6.45) is 7.79. The highest BCUT2D eigenvalue weighted by Crippen LogP contribution is 2.30. The summed E-state index contributed by atoms with van der Waals surface area (Å²) in [5, 5.41) is 10.7. The van der Waals surface area contributed by atoms with Crippen LogP contribution in [0.3, 0.4) is 0 Å². The zero-order valence-corrected chi connectivity index (χ0v) is 32.5. The average molecular weight is 759 g/mol. The number of aromatic nitrogens is 2. The third kappa shape index (κ3) is 10.5. The molecule has 0 radical (unpaired) electrons. The van der Waals surface area contributed by atoms with Crippen molar-refractivity contribution in [2.75, 3.05) is 58.3 Å². The van der Waals surface area contributed by atoms with E-state index in [4.69, 9.17) is 9.47 Å². The van der Waals surface area contributed by atoms with Crippen LogP contribution in [0.5, 0.6) is 0 Å². The lowest BCUT2D eigenvalue weighted by Gasteiger charge is -2.37. The van der Waals surface area contributed by atoms with Gasteiger partial charge in [0.05, 0.1) is 18.9 Å². The SMILES string of the molecule is C/C(=C\c1cc(F)cc(N(C)C2CCN(S(=O)(=O)c3cn(C)cn3)CC2)c1)[C@H]1OC(=O)C[C@H](O)CC[C@H](C)[C@@H](OC(=O)N2CCN(C)CC2)/C=C\[C@@H]1C. The van der Waals surface area contributed by atoms with Gasteiger partial charge in [-0.05, 0) is 81.0 Å². The van der Waals surface area contributed by atoms with E-state index in [2.05, 4.69) is 9.88 Å². The Morgan fingerprint density at radius 3 is 2.40 bits per heavy atom. The molecule has 3 aliphatic rings. The van der Waals surface area contributed by atoms with Gasteiger partial charge in [0.15, 0.2) is 5.03 Å². The van der Waals surface area contributed by atoms with Gasteiger partial charge in [0.25, 0.3) is 10.0 Å². The zero-order chi connectivity index (χ0) is 38.4. The second-order valence-electron chi connectivity index (χ2n) is 15.0. The number of sulfonamides is 1. The van der Waals surface area contributed by atoms with Crippen molar-refractivity contribution in [3.8, 4) is 0 Å². The number of ether oxygens (including phenoxy) is 2. The van der Waals surface area contributed by atoms with Crippen molar-refractivity contribution >= 4 is 33.8 Å². The molecule has 3 aliphatic heterocycles. The minimum Gasteiger partial charge on any atom is -0.457 e. The number of hydrogen-bond acceptors (Lipinski definition) is 10. The van der Waals surface area contributed by atoms with Gasteiger partial charge in [0.1, 0.15) is 18.0 Å². The summed E-state index contributed by atoms with van der Waals surface area (Å²) in [5.74, 6) is -1.41. The van der Waals surface area contributed by atoms with Crippen LogP contribution in [0.4, 0.5) is 14.9 Å². The molecule has 0 unspecified atom stereocenters. The fourth-order valence-corrected chi connectivity index (χ4v) is 8.63. The first kappa shape index (κ1) is 40.4. The van der Waals surface area contributed by atoms with E-state index in [1.807, 2.05) is 58.0 Å². The van der Waals surface area contributed by atoms with Crippen molar-refractivity contribution in [1.82, 2.24) is 23.7 Å². The molecule has 1 aromatic carbocycles. The number of carbonyl (C=O) groups is 2. The van der Waals surface area contributed by atoms with Crippen molar-refractivity contribution in [2.24, 2.45) is 18.9 Å². The largest absolute Gasteiger partial charge is 0.457 e. The lowest BCUT2D eigenvalue weighted by Crippen LogP contribution is -2.48. The lowest BCUT2D eigenvalue weighted by atomic mass is 9.91. The quantitative estimate of drug-likeness (QED) is 0.322. The number of aliphatic hydroxyl groups excluding tert-OH is 1. The summed E-state index contributed by atoms with van der Waals surface area (Å²) in [4.78, 5) is 36.0. The number of carbonyl (C=O) groups excluding carboxylic acids is 2. The number of piperazine rings is 1. The van der Waals surface area contributed by atoms with E-state index in [9.17, 15) is 23.1 Å². The summed E-state index contributed by atoms with van der Waals surface area (Å²) in [7, 11) is 1.92. The van der Waals surface area contributed by atoms with Crippen LogP contribution in [-0.4, -0.2) is 127 Å². The summed E-state index contributed by atoms with van der Waals surface area (Å²) < 4.78 is 56.4. The van der Waals surface area contributed by atoms with Gasteiger partial charge in [-0.15, -0.1) is 0 Å². The molecule has 0 spiro atoms. The molecular formula is C38H55FN6O7S. The van der Waals surface area contributed by atoms with Crippen LogP contribution in [0.25, 0.3) is 6.08 Å². The van der Waals surface area contributed by atoms with Gasteiger partial charge in [-0.3, -0.25) is 4.79 Å². The number of aliphatic hydroxyl groups is 1. The van der Waals surface area contributed by atoms with Crippen molar-refractivity contribution in [2.45, 2.75) is 82.3 Å². The third-order valence-electron chi connectivity index (χ3n) is 10.7. The van der Waals surface area contributed by atoms with Crippen molar-refractivity contribution < 1.29 is 37.0 Å². The van der Waals surface area contributed by atoms with Gasteiger partial charge in [0.2, 0.25) is 0 Å². The van der Waals surface area contributed by atoms with Gasteiger partial charge in [-0.2, -0.15) is 4.31 Å². The smallest absolute Gasteiger partial charge is 0.410 e. The Hall–Kier alpha value is -3.79. The van der Waals surface area contributed by atoms with E-state index < -0.39 is 40.1 Å². The molecule has 2 aromatic rings. The zero-order valence-electron chi connectivity index (χ0n) is 31.7. The molecule has 1 aromatic heterocycles. The molecule has 5 atom stereocenters. The molecule has 53 heavy (non-hydrogen) atoms. The Balaban J connectivity index is 1.31. The van der Waals surface area contributed by atoms with Crippen LogP contribution in [0.2, 0.25) is 0 Å². The molecule has 5 rings (SSSR count). The fourth-order valence-electron chi connectivity index (χ4n) is 7.19. The minimum absolute atomic E-state index is 0.0190. The number of imidazole rings is 1. The monoisotopic (exact) mass is 758 g/mol. The Bertz CT molecular complexity index is 1750. The van der Waals surface area contributed by atoms with Crippen molar-refractivity contribution in [3.05, 3.63) is 59.8 Å². The van der Waals surface area contributed by atoms with E-state index in [1.54, 1.807) is 22.6 Å². The van der Waals surface area contributed by atoms with E-state index in [1.165, 1.54) is 29.0 Å². The number of esters is 1. The first-order valence-corrected chi connectivity index (χ1v) is 19.9. The Labute approximate surface area is 313 Å². The molecule has 2 saturated heterocycles. The number of hydrogen-bond donors (Lipinski definition) is 1. The Morgan fingerprint density at radius 1 is 1.04 bits per heavy atom. The summed E-state index contributed by atoms with van der Waals surface area (Å²) in [6.45, 7) is 9.06. The summed E-state index contributed by atoms with van der Waals surface area (Å²) >= 11 is 0. The van der Waals surface area contributed by atoms with E-state index in [0.29, 0.717) is 68.7 Å². The Kier molecular flexibility index (Phi) is 13.4. The normalized spacial score (nSPS) is 27.0. The number of rotatable bonds is 7. The molecule has 4 heterocycles. The topological polar surface area (TPSA) is 138 Å². The molecule has 0 bridgehead atoms. The van der Waals surface area contributed by atoms with E-state index in [-0.39, 0.29) is 35.4 Å². The first-order chi connectivity index (χ1) is 25.1. The number of benzene rings is 1. The number of aryl methyl sites for hydroxylation is 1. The number of cyclic esters (lactones) is 1. The number of likely N-dealkylation sites (N-methyl/N-ethyl adjacent to an activating group) is 1. The second-order valence-corrected chi connectivity index (χ2v) is 16.8. The minimum atomic E-state index is -3.70. The maximum Gasteiger partial charge on any atom is 0.410 e. The van der Waals surface area contributed by atoms with Crippen LogP contribution in [0, 0.1) is 17.7 Å². The standard InChI is InChI=1S/C38H55FN6O7S/c1-26-7-9-33(46)23-36(47)52-37(27(2)8-10-34(26)51-38(48)44-17-15-41(4)16-18-44)28(3)19-29-20-30(39)22-32(21-29)43(6)31-11-13-45(14-12-31)53(49,50)35-24-42(5)25-40-35/h8,10,19-22,24-27,31,33-34,37,46H,7,9,11-18,23H2,1-6H3/b10-8-,28-19+/t26-,27-,33+,34-,37-/m0/s1. The highest BCUT2D eigenvalue weighted by atomic mass is 32.2. The predicted molar refractivity (Wildman–Crippen MR) is 200 cm³/mol. The van der Waals surface area contributed by atoms with Gasteiger partial charge < -0.3 is 33.8 Å². The van der Waals surface area contributed by atoms with Crippen molar-refractivity contribution in [3.63, 3.8) is 0 Å². The van der Waals surface area contributed by atoms with Gasteiger partial charge in [0, 0.05) is 77.2 Å². The molecular weight excluding hydrogens is 704 g/mol. The summed E-state index contributed by atoms with van der Waals surface area (Å²) in [5.41, 5.74) is 1.89. The highest BCUT2D eigenvalue weighted by Gasteiger charge is 2.33. The number of halogens is 1.